The van der Waals surface area contributed by atoms with Crippen molar-refractivity contribution in [1.29, 1.82) is 0 Å². The van der Waals surface area contributed by atoms with E-state index in [1.54, 1.807) is 18.3 Å². The summed E-state index contributed by atoms with van der Waals surface area (Å²) in [5, 5.41) is 9.05. The molecule has 1 aromatic heterocycles. The fraction of sp³-hybridized carbons (Fsp3) is 0.286. The van der Waals surface area contributed by atoms with Crippen LogP contribution in [-0.2, 0) is 20.0 Å². The lowest BCUT2D eigenvalue weighted by Crippen LogP contribution is -2.32. The summed E-state index contributed by atoms with van der Waals surface area (Å²) >= 11 is 0. The van der Waals surface area contributed by atoms with Crippen LogP contribution in [-0.4, -0.2) is 27.2 Å². The summed E-state index contributed by atoms with van der Waals surface area (Å²) in [4.78, 5) is 17.5. The van der Waals surface area contributed by atoms with Crippen molar-refractivity contribution < 1.29 is 9.90 Å². The molecule has 0 saturated carbocycles. The number of carboxylic acid groups (broad SMARTS) is 1. The van der Waals surface area contributed by atoms with Crippen LogP contribution in [0.1, 0.15) is 21.5 Å². The van der Waals surface area contributed by atoms with Crippen LogP contribution in [0.4, 0.5) is 5.95 Å². The summed E-state index contributed by atoms with van der Waals surface area (Å²) in [6.45, 7) is 1.62. The van der Waals surface area contributed by atoms with Gasteiger partial charge in [0.2, 0.25) is 5.95 Å². The lowest BCUT2D eigenvalue weighted by Gasteiger charge is -2.29. The van der Waals surface area contributed by atoms with Gasteiger partial charge in [0, 0.05) is 32.5 Å². The Kier molecular flexibility index (Phi) is 2.74. The van der Waals surface area contributed by atoms with Crippen LogP contribution in [0, 0.1) is 0 Å². The van der Waals surface area contributed by atoms with Crippen LogP contribution in [0.25, 0.3) is 0 Å². The molecular formula is C14H15N3O2. The standard InChI is InChI=1S/C14H15N3O2/c1-16-7-5-15-14(16)17-6-4-10-2-3-11(13(18)19)8-12(10)9-17/h2-3,5,7-8H,4,6,9H2,1H3,(H,18,19). The second kappa shape index (κ2) is 4.42. The predicted molar refractivity (Wildman–Crippen MR) is 71.4 cm³/mol. The monoisotopic (exact) mass is 257 g/mol. The summed E-state index contributed by atoms with van der Waals surface area (Å²) in [6.07, 6.45) is 4.61. The van der Waals surface area contributed by atoms with Crippen molar-refractivity contribution in [3.8, 4) is 0 Å². The quantitative estimate of drug-likeness (QED) is 0.889. The first-order valence-corrected chi connectivity index (χ1v) is 6.22. The number of rotatable bonds is 2. The van der Waals surface area contributed by atoms with Crippen molar-refractivity contribution in [1.82, 2.24) is 9.55 Å². The molecule has 0 aliphatic carbocycles. The number of carboxylic acids is 1. The molecule has 3 rings (SSSR count). The summed E-state index contributed by atoms with van der Waals surface area (Å²) < 4.78 is 1.98. The number of nitrogens with zero attached hydrogens (tertiary/aromatic N) is 3. The van der Waals surface area contributed by atoms with E-state index in [9.17, 15) is 4.79 Å². The Labute approximate surface area is 111 Å². The van der Waals surface area contributed by atoms with Crippen molar-refractivity contribution in [2.24, 2.45) is 7.05 Å². The molecule has 0 amide bonds. The molecule has 0 atom stereocenters. The van der Waals surface area contributed by atoms with E-state index in [0.717, 1.165) is 24.5 Å². The number of benzene rings is 1. The lowest BCUT2D eigenvalue weighted by atomic mass is 9.97. The highest BCUT2D eigenvalue weighted by Gasteiger charge is 2.20. The van der Waals surface area contributed by atoms with E-state index < -0.39 is 5.97 Å². The highest BCUT2D eigenvalue weighted by Crippen LogP contribution is 2.23. The first-order chi connectivity index (χ1) is 9.15. The number of aromatic carboxylic acids is 1. The highest BCUT2D eigenvalue weighted by atomic mass is 16.4. The zero-order chi connectivity index (χ0) is 13.4. The van der Waals surface area contributed by atoms with Crippen molar-refractivity contribution in [2.45, 2.75) is 13.0 Å². The van der Waals surface area contributed by atoms with Crippen LogP contribution in [0.2, 0.25) is 0 Å². The van der Waals surface area contributed by atoms with Gasteiger partial charge in [-0.2, -0.15) is 0 Å². The second-order valence-corrected chi connectivity index (χ2v) is 4.80. The largest absolute Gasteiger partial charge is 0.478 e. The molecule has 0 unspecified atom stereocenters. The maximum Gasteiger partial charge on any atom is 0.335 e. The normalized spacial score (nSPS) is 14.3. The number of fused-ring (bicyclic) bond motifs is 1. The van der Waals surface area contributed by atoms with E-state index in [-0.39, 0.29) is 0 Å². The molecule has 0 radical (unpaired) electrons. The van der Waals surface area contributed by atoms with Gasteiger partial charge in [-0.3, -0.25) is 0 Å². The smallest absolute Gasteiger partial charge is 0.335 e. The first kappa shape index (κ1) is 11.8. The van der Waals surface area contributed by atoms with E-state index in [1.165, 1.54) is 5.56 Å². The summed E-state index contributed by atoms with van der Waals surface area (Å²) in [6, 6.07) is 5.37. The number of imidazole rings is 1. The number of carbonyl (C=O) groups is 1. The van der Waals surface area contributed by atoms with E-state index in [0.29, 0.717) is 12.1 Å². The maximum atomic E-state index is 11.0. The summed E-state index contributed by atoms with van der Waals surface area (Å²) in [7, 11) is 1.96. The molecule has 0 spiro atoms. The van der Waals surface area contributed by atoms with Gasteiger partial charge in [-0.15, -0.1) is 0 Å². The second-order valence-electron chi connectivity index (χ2n) is 4.80. The average molecular weight is 257 g/mol. The Hall–Kier alpha value is -2.30. The molecular weight excluding hydrogens is 242 g/mol. The van der Waals surface area contributed by atoms with E-state index >= 15 is 0 Å². The Morgan fingerprint density at radius 3 is 2.89 bits per heavy atom. The molecule has 2 heterocycles. The van der Waals surface area contributed by atoms with E-state index in [4.69, 9.17) is 5.11 Å². The van der Waals surface area contributed by atoms with Crippen LogP contribution < -0.4 is 4.90 Å². The summed E-state index contributed by atoms with van der Waals surface area (Å²) in [5.74, 6) is 0.0447. The number of aryl methyl sites for hydroxylation is 1. The number of aromatic nitrogens is 2. The molecule has 0 saturated heterocycles. The zero-order valence-corrected chi connectivity index (χ0v) is 10.7. The third kappa shape index (κ3) is 2.07. The van der Waals surface area contributed by atoms with E-state index in [1.807, 2.05) is 23.9 Å². The summed E-state index contributed by atoms with van der Waals surface area (Å²) in [5.41, 5.74) is 2.66. The molecule has 2 aromatic rings. The fourth-order valence-electron chi connectivity index (χ4n) is 2.52. The topological polar surface area (TPSA) is 58.4 Å². The molecule has 1 aromatic carbocycles. The molecule has 98 valence electrons. The van der Waals surface area contributed by atoms with Crippen LogP contribution >= 0.6 is 0 Å². The van der Waals surface area contributed by atoms with Gasteiger partial charge in [-0.25, -0.2) is 9.78 Å². The zero-order valence-electron chi connectivity index (χ0n) is 10.7. The molecule has 1 N–H and O–H groups in total. The lowest BCUT2D eigenvalue weighted by molar-refractivity contribution is 0.0696. The average Bonchev–Trinajstić information content (AvgIpc) is 2.83. The minimum atomic E-state index is -0.878. The molecule has 5 heteroatoms. The highest BCUT2D eigenvalue weighted by molar-refractivity contribution is 5.88. The Bertz CT molecular complexity index is 633. The number of hydrogen-bond donors (Lipinski definition) is 1. The Morgan fingerprint density at radius 1 is 1.37 bits per heavy atom. The minimum absolute atomic E-state index is 0.348. The van der Waals surface area contributed by atoms with Crippen LogP contribution in [0.3, 0.4) is 0 Å². The molecule has 1 aliphatic rings. The molecule has 0 fully saturated rings. The Balaban J connectivity index is 1.92. The predicted octanol–water partition coefficient (Wildman–Crippen LogP) is 1.68. The first-order valence-electron chi connectivity index (χ1n) is 6.22. The van der Waals surface area contributed by atoms with Gasteiger partial charge in [-0.1, -0.05) is 6.07 Å². The van der Waals surface area contributed by atoms with Crippen LogP contribution in [0.5, 0.6) is 0 Å². The molecule has 1 aliphatic heterocycles. The van der Waals surface area contributed by atoms with Gasteiger partial charge in [0.1, 0.15) is 0 Å². The number of anilines is 1. The van der Waals surface area contributed by atoms with E-state index in [2.05, 4.69) is 9.88 Å². The SMILES string of the molecule is Cn1ccnc1N1CCc2ccc(C(=O)O)cc2C1. The van der Waals surface area contributed by atoms with Gasteiger partial charge in [0.05, 0.1) is 5.56 Å². The minimum Gasteiger partial charge on any atom is -0.478 e. The van der Waals surface area contributed by atoms with Crippen molar-refractivity contribution in [2.75, 3.05) is 11.4 Å². The third-order valence-corrected chi connectivity index (χ3v) is 3.54. The molecule has 19 heavy (non-hydrogen) atoms. The van der Waals surface area contributed by atoms with Crippen molar-refractivity contribution in [3.05, 3.63) is 47.3 Å². The Morgan fingerprint density at radius 2 is 2.21 bits per heavy atom. The van der Waals surface area contributed by atoms with Gasteiger partial charge < -0.3 is 14.6 Å². The fourth-order valence-corrected chi connectivity index (χ4v) is 2.52. The van der Waals surface area contributed by atoms with Crippen LogP contribution in [0.15, 0.2) is 30.6 Å². The van der Waals surface area contributed by atoms with Gasteiger partial charge in [-0.05, 0) is 29.7 Å². The van der Waals surface area contributed by atoms with Gasteiger partial charge in [0.25, 0.3) is 0 Å². The number of hydrogen-bond acceptors (Lipinski definition) is 3. The van der Waals surface area contributed by atoms with Crippen molar-refractivity contribution >= 4 is 11.9 Å². The maximum absolute atomic E-state index is 11.0. The van der Waals surface area contributed by atoms with Crippen molar-refractivity contribution in [3.63, 3.8) is 0 Å². The van der Waals surface area contributed by atoms with Gasteiger partial charge in [0.15, 0.2) is 0 Å². The van der Waals surface area contributed by atoms with Gasteiger partial charge >= 0.3 is 5.97 Å². The third-order valence-electron chi connectivity index (χ3n) is 3.54. The molecule has 0 bridgehead atoms. The molecule has 5 nitrogen and oxygen atoms in total.